The summed E-state index contributed by atoms with van der Waals surface area (Å²) in [5, 5.41) is 11.0. The number of carbonyl (C=O) groups is 1. The minimum Gasteiger partial charge on any atom is -0.494 e. The van der Waals surface area contributed by atoms with Crippen molar-refractivity contribution in [3.63, 3.8) is 0 Å². The van der Waals surface area contributed by atoms with Crippen LogP contribution in [-0.2, 0) is 13.0 Å². The minimum absolute atomic E-state index is 0.0297. The summed E-state index contributed by atoms with van der Waals surface area (Å²) in [7, 11) is 3.29. The summed E-state index contributed by atoms with van der Waals surface area (Å²) in [4.78, 5) is 33.8. The Kier molecular flexibility index (Phi) is 5.43. The summed E-state index contributed by atoms with van der Waals surface area (Å²) in [6.07, 6.45) is -4.18. The van der Waals surface area contributed by atoms with E-state index in [1.54, 1.807) is 43.3 Å². The van der Waals surface area contributed by atoms with E-state index in [1.165, 1.54) is 9.47 Å². The third-order valence-electron chi connectivity index (χ3n) is 5.65. The van der Waals surface area contributed by atoms with Gasteiger partial charge in [0.1, 0.15) is 0 Å². The van der Waals surface area contributed by atoms with Crippen molar-refractivity contribution in [1.29, 1.82) is 0 Å². The van der Waals surface area contributed by atoms with Crippen LogP contribution in [0.25, 0.3) is 5.78 Å². The number of allylic oxidation sites excluding steroid dienone is 2. The number of anilines is 1. The second kappa shape index (κ2) is 7.98. The lowest BCUT2D eigenvalue weighted by molar-refractivity contribution is -0.0915. The lowest BCUT2D eigenvalue weighted by Crippen LogP contribution is -2.43. The fourth-order valence-electron chi connectivity index (χ4n) is 3.81. The fraction of sp³-hybridized carbons (Fsp3) is 0.318. The molecule has 1 aliphatic heterocycles. The Hall–Kier alpha value is -3.76. The van der Waals surface area contributed by atoms with Crippen LogP contribution in [0.4, 0.5) is 19.0 Å². The van der Waals surface area contributed by atoms with Crippen molar-refractivity contribution in [1.82, 2.24) is 18.9 Å². The third-order valence-corrected chi connectivity index (χ3v) is 5.65. The molecule has 0 unspecified atom stereocenters. The molecule has 0 bridgehead atoms. The van der Waals surface area contributed by atoms with Crippen molar-refractivity contribution in [3.05, 3.63) is 69.2 Å². The quantitative estimate of drug-likeness (QED) is 0.605. The summed E-state index contributed by atoms with van der Waals surface area (Å²) < 4.78 is 41.4. The lowest BCUT2D eigenvalue weighted by atomic mass is 10.1. The number of hydrogen-bond donors (Lipinski definition) is 1. The van der Waals surface area contributed by atoms with Gasteiger partial charge in [0.15, 0.2) is 11.5 Å². The summed E-state index contributed by atoms with van der Waals surface area (Å²) >= 11 is 0. The first kappa shape index (κ1) is 22.4. The number of aromatic nitrogens is 3. The molecular formula is C22H22F3N5O3. The molecule has 0 aliphatic carbocycles. The van der Waals surface area contributed by atoms with Crippen molar-refractivity contribution in [2.45, 2.75) is 26.1 Å². The Morgan fingerprint density at radius 3 is 2.45 bits per heavy atom. The van der Waals surface area contributed by atoms with E-state index >= 15 is 0 Å². The van der Waals surface area contributed by atoms with Crippen molar-refractivity contribution in [3.8, 4) is 5.88 Å². The maximum atomic E-state index is 13.3. The van der Waals surface area contributed by atoms with Crippen LogP contribution >= 0.6 is 0 Å². The van der Waals surface area contributed by atoms with Crippen LogP contribution in [0, 0.1) is 0 Å². The van der Waals surface area contributed by atoms with Gasteiger partial charge in [-0.25, -0.2) is 4.40 Å². The molecule has 8 nitrogen and oxygen atoms in total. The van der Waals surface area contributed by atoms with Crippen molar-refractivity contribution >= 4 is 17.5 Å². The molecule has 0 spiro atoms. The zero-order chi connectivity index (χ0) is 24.1. The number of alkyl halides is 3. The van der Waals surface area contributed by atoms with Gasteiger partial charge in [0, 0.05) is 26.1 Å². The summed E-state index contributed by atoms with van der Waals surface area (Å²) in [5.74, 6) is -0.726. The normalized spacial score (nSPS) is 14.8. The van der Waals surface area contributed by atoms with Crippen LogP contribution < -0.4 is 10.5 Å². The van der Waals surface area contributed by atoms with E-state index < -0.39 is 35.5 Å². The first-order valence-corrected chi connectivity index (χ1v) is 10.1. The second-order valence-corrected chi connectivity index (χ2v) is 8.03. The minimum atomic E-state index is -4.56. The molecule has 1 aliphatic rings. The van der Waals surface area contributed by atoms with E-state index in [1.807, 2.05) is 6.07 Å². The standard InChI is InChI=1S/C22H22F3N5O3/c1-13(22(23,24)25)9-10-15-18(31)29(11-14-7-5-4-6-8-14)21-26-17-16(30(21)19(15)32)20(33)28(3)12-27(17)2/h4-9,32H,10-12H2,1-3H3/b13-9-. The number of aromatic hydroxyl groups is 1. The zero-order valence-corrected chi connectivity index (χ0v) is 18.2. The monoisotopic (exact) mass is 461 g/mol. The number of hydrogen-bond acceptors (Lipinski definition) is 5. The molecule has 0 saturated heterocycles. The zero-order valence-electron chi connectivity index (χ0n) is 18.2. The molecule has 3 heterocycles. The van der Waals surface area contributed by atoms with Crippen LogP contribution in [0.2, 0.25) is 0 Å². The van der Waals surface area contributed by atoms with Gasteiger partial charge in [0.25, 0.3) is 11.5 Å². The molecule has 174 valence electrons. The molecule has 1 N–H and O–H groups in total. The Morgan fingerprint density at radius 1 is 1.15 bits per heavy atom. The average Bonchev–Trinajstić information content (AvgIpc) is 3.16. The van der Waals surface area contributed by atoms with E-state index in [0.29, 0.717) is 0 Å². The number of benzene rings is 1. The summed E-state index contributed by atoms with van der Waals surface area (Å²) in [6.45, 7) is 1.20. The largest absolute Gasteiger partial charge is 0.494 e. The number of nitrogens with zero attached hydrogens (tertiary/aromatic N) is 5. The predicted octanol–water partition coefficient (Wildman–Crippen LogP) is 2.78. The molecule has 0 radical (unpaired) electrons. The number of carbonyl (C=O) groups excluding carboxylic acids is 1. The highest BCUT2D eigenvalue weighted by atomic mass is 19.4. The Labute approximate surface area is 186 Å². The average molecular weight is 461 g/mol. The van der Waals surface area contributed by atoms with Gasteiger partial charge in [0.05, 0.1) is 18.8 Å². The molecule has 4 rings (SSSR count). The van der Waals surface area contributed by atoms with Gasteiger partial charge < -0.3 is 14.9 Å². The van der Waals surface area contributed by atoms with Gasteiger partial charge in [-0.2, -0.15) is 18.2 Å². The Morgan fingerprint density at radius 2 is 1.82 bits per heavy atom. The molecule has 0 saturated carbocycles. The topological polar surface area (TPSA) is 83.1 Å². The van der Waals surface area contributed by atoms with Gasteiger partial charge in [-0.15, -0.1) is 0 Å². The smallest absolute Gasteiger partial charge is 0.412 e. The van der Waals surface area contributed by atoms with Gasteiger partial charge in [-0.3, -0.25) is 14.2 Å². The van der Waals surface area contributed by atoms with Crippen LogP contribution in [0.5, 0.6) is 5.88 Å². The van der Waals surface area contributed by atoms with E-state index in [4.69, 9.17) is 0 Å². The number of amides is 1. The van der Waals surface area contributed by atoms with Gasteiger partial charge >= 0.3 is 6.18 Å². The van der Waals surface area contributed by atoms with Crippen molar-refractivity contribution in [2.75, 3.05) is 25.7 Å². The maximum Gasteiger partial charge on any atom is 0.412 e. The summed E-state index contributed by atoms with van der Waals surface area (Å²) in [5.41, 5.74) is -1.04. The predicted molar refractivity (Wildman–Crippen MR) is 116 cm³/mol. The highest BCUT2D eigenvalue weighted by Crippen LogP contribution is 2.31. The molecular weight excluding hydrogens is 439 g/mol. The maximum absolute atomic E-state index is 13.3. The van der Waals surface area contributed by atoms with Crippen molar-refractivity contribution in [2.24, 2.45) is 0 Å². The first-order chi connectivity index (χ1) is 15.5. The molecule has 3 aromatic rings. The van der Waals surface area contributed by atoms with E-state index in [0.717, 1.165) is 23.0 Å². The number of rotatable bonds is 4. The Balaban J connectivity index is 2.00. The molecule has 0 atom stereocenters. The van der Waals surface area contributed by atoms with Crippen LogP contribution in [-0.4, -0.2) is 56.8 Å². The highest BCUT2D eigenvalue weighted by molar-refractivity contribution is 6.00. The number of halogens is 3. The molecule has 11 heteroatoms. The number of fused-ring (bicyclic) bond motifs is 3. The fourth-order valence-corrected chi connectivity index (χ4v) is 3.81. The van der Waals surface area contributed by atoms with Crippen molar-refractivity contribution < 1.29 is 23.1 Å². The SMILES string of the molecule is C/C(=C/Cc1c(O)n2c3c(nc2n(Cc2ccccc2)c1=O)N(C)CN(C)C3=O)C(F)(F)F. The summed E-state index contributed by atoms with van der Waals surface area (Å²) in [6, 6.07) is 8.97. The van der Waals surface area contributed by atoms with Crippen LogP contribution in [0.3, 0.4) is 0 Å². The molecule has 1 aromatic carbocycles. The van der Waals surface area contributed by atoms with E-state index in [9.17, 15) is 27.9 Å². The van der Waals surface area contributed by atoms with Gasteiger partial charge in [-0.1, -0.05) is 36.4 Å². The lowest BCUT2D eigenvalue weighted by Gasteiger charge is -2.30. The van der Waals surface area contributed by atoms with Crippen LogP contribution in [0.15, 0.2) is 46.8 Å². The van der Waals surface area contributed by atoms with Crippen LogP contribution in [0.1, 0.15) is 28.5 Å². The molecule has 1 amide bonds. The third kappa shape index (κ3) is 3.83. The first-order valence-electron chi connectivity index (χ1n) is 10.1. The highest BCUT2D eigenvalue weighted by Gasteiger charge is 2.34. The van der Waals surface area contributed by atoms with E-state index in [-0.39, 0.29) is 36.1 Å². The van der Waals surface area contributed by atoms with Gasteiger partial charge in [0.2, 0.25) is 11.7 Å². The second-order valence-electron chi connectivity index (χ2n) is 8.03. The Bertz CT molecular complexity index is 1330. The molecule has 0 fully saturated rings. The molecule has 33 heavy (non-hydrogen) atoms. The number of imidazole rings is 1. The van der Waals surface area contributed by atoms with Gasteiger partial charge in [-0.05, 0) is 12.5 Å². The van der Waals surface area contributed by atoms with E-state index in [2.05, 4.69) is 4.98 Å². The molecule has 2 aromatic heterocycles.